The minimum Gasteiger partial charge on any atom is -0.372 e. The molecule has 1 aliphatic heterocycles. The molecule has 9 heteroatoms. The van der Waals surface area contributed by atoms with Crippen molar-refractivity contribution in [3.05, 3.63) is 27.9 Å². The third-order valence-electron chi connectivity index (χ3n) is 3.05. The molecular formula is C12H13N5O4. The Hall–Kier alpha value is -2.73. The molecule has 1 aromatic rings. The van der Waals surface area contributed by atoms with Crippen LogP contribution in [0.15, 0.2) is 12.3 Å². The Labute approximate surface area is 120 Å². The number of nitriles is 1. The Morgan fingerprint density at radius 2 is 2.48 bits per heavy atom. The molecule has 1 saturated heterocycles. The first-order valence-electron chi connectivity index (χ1n) is 6.19. The average Bonchev–Trinajstić information content (AvgIpc) is 2.53. The van der Waals surface area contributed by atoms with Crippen molar-refractivity contribution in [2.45, 2.75) is 6.10 Å². The molecule has 1 aromatic heterocycles. The number of amides is 1. The SMILES string of the molecule is CNc1ncc([N+](=O)[O-])cc1C(=O)N1CCOC(C#N)C1. The minimum atomic E-state index is -0.688. The summed E-state index contributed by atoms with van der Waals surface area (Å²) in [5, 5.41) is 22.4. The van der Waals surface area contributed by atoms with Crippen LogP contribution in [0.4, 0.5) is 11.5 Å². The fourth-order valence-corrected chi connectivity index (χ4v) is 2.00. The predicted octanol–water partition coefficient (Wildman–Crippen LogP) is 0.396. The topological polar surface area (TPSA) is 121 Å². The molecule has 1 aliphatic rings. The molecule has 2 rings (SSSR count). The van der Waals surface area contributed by atoms with E-state index in [1.807, 2.05) is 6.07 Å². The molecule has 1 atom stereocenters. The highest BCUT2D eigenvalue weighted by Gasteiger charge is 2.27. The second-order valence-corrected chi connectivity index (χ2v) is 4.34. The van der Waals surface area contributed by atoms with Gasteiger partial charge in [0.2, 0.25) is 0 Å². The van der Waals surface area contributed by atoms with Crippen molar-refractivity contribution in [2.75, 3.05) is 32.1 Å². The van der Waals surface area contributed by atoms with E-state index in [-0.39, 0.29) is 30.2 Å². The highest BCUT2D eigenvalue weighted by atomic mass is 16.6. The predicted molar refractivity (Wildman–Crippen MR) is 71.7 cm³/mol. The first-order chi connectivity index (χ1) is 10.1. The number of nitro groups is 1. The summed E-state index contributed by atoms with van der Waals surface area (Å²) in [6.07, 6.45) is 0.396. The van der Waals surface area contributed by atoms with Crippen LogP contribution in [0, 0.1) is 21.4 Å². The first kappa shape index (κ1) is 14.7. The van der Waals surface area contributed by atoms with Gasteiger partial charge < -0.3 is 15.0 Å². The van der Waals surface area contributed by atoms with Gasteiger partial charge in [-0.3, -0.25) is 14.9 Å². The van der Waals surface area contributed by atoms with Crippen molar-refractivity contribution < 1.29 is 14.5 Å². The number of anilines is 1. The van der Waals surface area contributed by atoms with Crippen molar-refractivity contribution in [3.63, 3.8) is 0 Å². The van der Waals surface area contributed by atoms with Crippen LogP contribution in [-0.2, 0) is 4.74 Å². The van der Waals surface area contributed by atoms with Gasteiger partial charge in [0, 0.05) is 19.7 Å². The molecule has 0 aromatic carbocycles. The third kappa shape index (κ3) is 3.06. The number of ether oxygens (including phenoxy) is 1. The van der Waals surface area contributed by atoms with Gasteiger partial charge >= 0.3 is 0 Å². The first-order valence-corrected chi connectivity index (χ1v) is 6.19. The van der Waals surface area contributed by atoms with Gasteiger partial charge in [-0.05, 0) is 0 Å². The standard InChI is InChI=1S/C12H13N5O4/c1-14-11-10(4-8(6-15-11)17(19)20)12(18)16-2-3-21-9(5-13)7-16/h4,6,9H,2-3,7H2,1H3,(H,14,15). The third-order valence-corrected chi connectivity index (χ3v) is 3.05. The van der Waals surface area contributed by atoms with Crippen molar-refractivity contribution in [1.29, 1.82) is 5.26 Å². The van der Waals surface area contributed by atoms with Gasteiger partial charge in [0.05, 0.1) is 29.7 Å². The second kappa shape index (κ2) is 6.15. The summed E-state index contributed by atoms with van der Waals surface area (Å²) in [5.41, 5.74) is -0.160. The molecular weight excluding hydrogens is 278 g/mol. The number of rotatable bonds is 3. The zero-order valence-electron chi connectivity index (χ0n) is 11.3. The molecule has 2 heterocycles. The van der Waals surface area contributed by atoms with E-state index in [2.05, 4.69) is 10.3 Å². The molecule has 0 spiro atoms. The molecule has 1 amide bonds. The Kier molecular flexibility index (Phi) is 4.30. The lowest BCUT2D eigenvalue weighted by molar-refractivity contribution is -0.385. The van der Waals surface area contributed by atoms with Gasteiger partial charge in [-0.1, -0.05) is 0 Å². The monoisotopic (exact) mass is 291 g/mol. The molecule has 1 fully saturated rings. The van der Waals surface area contributed by atoms with Gasteiger partial charge in [0.25, 0.3) is 11.6 Å². The van der Waals surface area contributed by atoms with E-state index in [1.54, 1.807) is 7.05 Å². The van der Waals surface area contributed by atoms with Crippen LogP contribution in [0.3, 0.4) is 0 Å². The van der Waals surface area contributed by atoms with Crippen molar-refractivity contribution in [2.24, 2.45) is 0 Å². The van der Waals surface area contributed by atoms with E-state index in [1.165, 1.54) is 11.0 Å². The molecule has 21 heavy (non-hydrogen) atoms. The molecule has 0 bridgehead atoms. The van der Waals surface area contributed by atoms with E-state index in [0.717, 1.165) is 6.20 Å². The zero-order valence-corrected chi connectivity index (χ0v) is 11.3. The van der Waals surface area contributed by atoms with E-state index >= 15 is 0 Å². The maximum Gasteiger partial charge on any atom is 0.288 e. The summed E-state index contributed by atoms with van der Waals surface area (Å²) in [5.74, 6) is -0.162. The number of aromatic nitrogens is 1. The van der Waals surface area contributed by atoms with Gasteiger partial charge in [-0.25, -0.2) is 4.98 Å². The highest BCUT2D eigenvalue weighted by molar-refractivity contribution is 5.99. The normalized spacial score (nSPS) is 17.9. The van der Waals surface area contributed by atoms with Crippen LogP contribution in [-0.4, -0.2) is 53.6 Å². The van der Waals surface area contributed by atoms with E-state index in [0.29, 0.717) is 6.54 Å². The molecule has 1 N–H and O–H groups in total. The van der Waals surface area contributed by atoms with Crippen LogP contribution in [0.1, 0.15) is 10.4 Å². The number of nitrogens with one attached hydrogen (secondary N) is 1. The second-order valence-electron chi connectivity index (χ2n) is 4.34. The summed E-state index contributed by atoms with van der Waals surface area (Å²) < 4.78 is 5.17. The molecule has 9 nitrogen and oxygen atoms in total. The Balaban J connectivity index is 2.31. The molecule has 0 radical (unpaired) electrons. The minimum absolute atomic E-state index is 0.102. The maximum atomic E-state index is 12.5. The number of carbonyl (C=O) groups is 1. The summed E-state index contributed by atoms with van der Waals surface area (Å²) in [4.78, 5) is 28.0. The van der Waals surface area contributed by atoms with Crippen molar-refractivity contribution >= 4 is 17.4 Å². The fraction of sp³-hybridized carbons (Fsp3) is 0.417. The van der Waals surface area contributed by atoms with Crippen LogP contribution in [0.5, 0.6) is 0 Å². The summed E-state index contributed by atoms with van der Waals surface area (Å²) in [7, 11) is 1.57. The molecule has 110 valence electrons. The summed E-state index contributed by atoms with van der Waals surface area (Å²) in [6, 6.07) is 3.12. The lowest BCUT2D eigenvalue weighted by atomic mass is 10.2. The van der Waals surface area contributed by atoms with Crippen LogP contribution >= 0.6 is 0 Å². The van der Waals surface area contributed by atoms with E-state index in [9.17, 15) is 14.9 Å². The zero-order chi connectivity index (χ0) is 15.4. The number of hydrogen-bond acceptors (Lipinski definition) is 7. The lowest BCUT2D eigenvalue weighted by Crippen LogP contribution is -2.45. The number of nitrogens with zero attached hydrogens (tertiary/aromatic N) is 4. The van der Waals surface area contributed by atoms with Crippen LogP contribution in [0.2, 0.25) is 0 Å². The number of pyridine rings is 1. The van der Waals surface area contributed by atoms with Crippen LogP contribution < -0.4 is 5.32 Å². The largest absolute Gasteiger partial charge is 0.372 e. The van der Waals surface area contributed by atoms with Crippen molar-refractivity contribution in [1.82, 2.24) is 9.88 Å². The lowest BCUT2D eigenvalue weighted by Gasteiger charge is -2.30. The Morgan fingerprint density at radius 3 is 3.10 bits per heavy atom. The quantitative estimate of drug-likeness (QED) is 0.631. The number of hydrogen-bond donors (Lipinski definition) is 1. The van der Waals surface area contributed by atoms with Gasteiger partial charge in [0.1, 0.15) is 12.0 Å². The van der Waals surface area contributed by atoms with E-state index < -0.39 is 16.9 Å². The van der Waals surface area contributed by atoms with E-state index in [4.69, 9.17) is 10.00 Å². The van der Waals surface area contributed by atoms with Crippen molar-refractivity contribution in [3.8, 4) is 6.07 Å². The van der Waals surface area contributed by atoms with Gasteiger partial charge in [-0.15, -0.1) is 0 Å². The molecule has 0 aliphatic carbocycles. The average molecular weight is 291 g/mol. The highest BCUT2D eigenvalue weighted by Crippen LogP contribution is 2.21. The number of carbonyl (C=O) groups excluding carboxylic acids is 1. The summed E-state index contributed by atoms with van der Waals surface area (Å²) >= 11 is 0. The van der Waals surface area contributed by atoms with Crippen LogP contribution in [0.25, 0.3) is 0 Å². The van der Waals surface area contributed by atoms with Gasteiger partial charge in [0.15, 0.2) is 6.10 Å². The van der Waals surface area contributed by atoms with Gasteiger partial charge in [-0.2, -0.15) is 5.26 Å². The smallest absolute Gasteiger partial charge is 0.288 e. The molecule has 0 saturated carbocycles. The Morgan fingerprint density at radius 1 is 1.71 bits per heavy atom. The molecule has 1 unspecified atom stereocenters. The maximum absolute atomic E-state index is 12.5. The fourth-order valence-electron chi connectivity index (χ4n) is 2.00. The number of morpholine rings is 1. The summed E-state index contributed by atoms with van der Waals surface area (Å²) in [6.45, 7) is 0.700. The Bertz CT molecular complexity index is 612.